The fourth-order valence-corrected chi connectivity index (χ4v) is 3.88. The molecular weight excluding hydrogens is 274 g/mol. The van der Waals surface area contributed by atoms with Crippen molar-refractivity contribution in [3.63, 3.8) is 0 Å². The first kappa shape index (κ1) is 17.3. The van der Waals surface area contributed by atoms with E-state index in [2.05, 4.69) is 44.3 Å². The highest BCUT2D eigenvalue weighted by atomic mass is 16.3. The number of carbonyl (C=O) groups excluding carboxylic acids is 1. The van der Waals surface area contributed by atoms with Crippen LogP contribution in [0, 0.1) is 23.7 Å². The number of amides is 1. The van der Waals surface area contributed by atoms with E-state index in [1.54, 1.807) is 0 Å². The third kappa shape index (κ3) is 3.81. The number of allylic oxidation sites excluding steroid dienone is 3. The number of carbonyl (C=O) groups is 1. The van der Waals surface area contributed by atoms with Crippen LogP contribution in [-0.2, 0) is 4.79 Å². The van der Waals surface area contributed by atoms with Crippen LogP contribution in [0.5, 0.6) is 0 Å². The maximum Gasteiger partial charge on any atom is 0.226 e. The molecule has 0 aromatic rings. The molecule has 1 amide bonds. The summed E-state index contributed by atoms with van der Waals surface area (Å²) in [6.07, 6.45) is 12.8. The zero-order chi connectivity index (χ0) is 16.2. The molecule has 3 heteroatoms. The van der Waals surface area contributed by atoms with Crippen molar-refractivity contribution in [2.75, 3.05) is 6.54 Å². The van der Waals surface area contributed by atoms with E-state index in [0.29, 0.717) is 24.8 Å². The lowest BCUT2D eigenvalue weighted by atomic mass is 9.63. The summed E-state index contributed by atoms with van der Waals surface area (Å²) >= 11 is 0. The van der Waals surface area contributed by atoms with Gasteiger partial charge in [0.15, 0.2) is 0 Å². The molecule has 0 saturated heterocycles. The Hall–Kier alpha value is -1.09. The summed E-state index contributed by atoms with van der Waals surface area (Å²) in [5, 5.41) is 14.2. The van der Waals surface area contributed by atoms with E-state index in [1.165, 1.54) is 0 Å². The SMILES string of the molecule is CCC[C@]1(O)C=C[C@@H]2CC=CC[C@@H]2[C@H]1C(=O)NCCC(C)C. The number of fused-ring (bicyclic) bond motifs is 1. The molecule has 0 radical (unpaired) electrons. The zero-order valence-electron chi connectivity index (χ0n) is 14.2. The monoisotopic (exact) mass is 305 g/mol. The van der Waals surface area contributed by atoms with Gasteiger partial charge in [-0.15, -0.1) is 0 Å². The maximum atomic E-state index is 12.8. The molecule has 124 valence electrons. The highest BCUT2D eigenvalue weighted by molar-refractivity contribution is 5.81. The summed E-state index contributed by atoms with van der Waals surface area (Å²) in [6, 6.07) is 0. The van der Waals surface area contributed by atoms with Crippen LogP contribution in [0.2, 0.25) is 0 Å². The normalized spacial score (nSPS) is 33.8. The Morgan fingerprint density at radius 2 is 2.09 bits per heavy atom. The van der Waals surface area contributed by atoms with Crippen LogP contribution in [0.3, 0.4) is 0 Å². The van der Waals surface area contributed by atoms with Gasteiger partial charge in [0.05, 0.1) is 11.5 Å². The van der Waals surface area contributed by atoms with E-state index in [9.17, 15) is 9.90 Å². The molecule has 0 aliphatic heterocycles. The Morgan fingerprint density at radius 3 is 2.77 bits per heavy atom. The molecule has 0 aromatic carbocycles. The molecule has 22 heavy (non-hydrogen) atoms. The number of hydrogen-bond donors (Lipinski definition) is 2. The Kier molecular flexibility index (Phi) is 5.85. The number of nitrogens with one attached hydrogen (secondary N) is 1. The quantitative estimate of drug-likeness (QED) is 0.738. The second kappa shape index (κ2) is 7.45. The Balaban J connectivity index is 2.15. The molecule has 0 saturated carbocycles. The van der Waals surface area contributed by atoms with E-state index < -0.39 is 5.60 Å². The first-order chi connectivity index (χ1) is 10.5. The van der Waals surface area contributed by atoms with Gasteiger partial charge in [-0.3, -0.25) is 4.79 Å². The average molecular weight is 305 g/mol. The Labute approximate surface area is 134 Å². The van der Waals surface area contributed by atoms with Crippen LogP contribution in [-0.4, -0.2) is 23.2 Å². The minimum absolute atomic E-state index is 0.0336. The Bertz CT molecular complexity index is 441. The summed E-state index contributed by atoms with van der Waals surface area (Å²) in [7, 11) is 0. The summed E-state index contributed by atoms with van der Waals surface area (Å²) in [6.45, 7) is 7.08. The van der Waals surface area contributed by atoms with Crippen molar-refractivity contribution in [3.8, 4) is 0 Å². The molecule has 2 aliphatic carbocycles. The molecule has 2 rings (SSSR count). The number of aliphatic hydroxyl groups is 1. The third-order valence-corrected chi connectivity index (χ3v) is 5.09. The third-order valence-electron chi connectivity index (χ3n) is 5.09. The van der Waals surface area contributed by atoms with Crippen LogP contribution in [0.15, 0.2) is 24.3 Å². The highest BCUT2D eigenvalue weighted by Crippen LogP contribution is 2.44. The van der Waals surface area contributed by atoms with Gasteiger partial charge in [-0.05, 0) is 43.4 Å². The lowest BCUT2D eigenvalue weighted by Crippen LogP contribution is -2.53. The maximum absolute atomic E-state index is 12.8. The molecule has 0 aromatic heterocycles. The van der Waals surface area contributed by atoms with Gasteiger partial charge in [0.2, 0.25) is 5.91 Å². The first-order valence-corrected chi connectivity index (χ1v) is 8.82. The second-order valence-electron chi connectivity index (χ2n) is 7.32. The topological polar surface area (TPSA) is 49.3 Å². The van der Waals surface area contributed by atoms with Gasteiger partial charge in [0.1, 0.15) is 0 Å². The van der Waals surface area contributed by atoms with Crippen LogP contribution >= 0.6 is 0 Å². The van der Waals surface area contributed by atoms with Crippen molar-refractivity contribution in [1.29, 1.82) is 0 Å². The predicted molar refractivity (Wildman–Crippen MR) is 90.3 cm³/mol. The number of hydrogen-bond acceptors (Lipinski definition) is 2. The summed E-state index contributed by atoms with van der Waals surface area (Å²) in [5.74, 6) is 0.908. The first-order valence-electron chi connectivity index (χ1n) is 8.82. The van der Waals surface area contributed by atoms with Crippen molar-refractivity contribution in [2.24, 2.45) is 23.7 Å². The average Bonchev–Trinajstić information content (AvgIpc) is 2.46. The largest absolute Gasteiger partial charge is 0.385 e. The van der Waals surface area contributed by atoms with E-state index >= 15 is 0 Å². The summed E-state index contributed by atoms with van der Waals surface area (Å²) in [5.41, 5.74) is -0.983. The fourth-order valence-electron chi connectivity index (χ4n) is 3.88. The van der Waals surface area contributed by atoms with Crippen molar-refractivity contribution < 1.29 is 9.90 Å². The molecule has 3 nitrogen and oxygen atoms in total. The Morgan fingerprint density at radius 1 is 1.36 bits per heavy atom. The van der Waals surface area contributed by atoms with Gasteiger partial charge in [0, 0.05) is 6.54 Å². The van der Waals surface area contributed by atoms with Crippen LogP contribution in [0.1, 0.15) is 52.9 Å². The fraction of sp³-hybridized carbons (Fsp3) is 0.737. The van der Waals surface area contributed by atoms with Gasteiger partial charge in [-0.1, -0.05) is 51.5 Å². The van der Waals surface area contributed by atoms with Gasteiger partial charge in [-0.25, -0.2) is 0 Å². The highest BCUT2D eigenvalue weighted by Gasteiger charge is 2.48. The van der Waals surface area contributed by atoms with E-state index in [0.717, 1.165) is 25.7 Å². The zero-order valence-corrected chi connectivity index (χ0v) is 14.2. The summed E-state index contributed by atoms with van der Waals surface area (Å²) in [4.78, 5) is 12.8. The lowest BCUT2D eigenvalue weighted by molar-refractivity contribution is -0.138. The van der Waals surface area contributed by atoms with Crippen molar-refractivity contribution in [1.82, 2.24) is 5.32 Å². The smallest absolute Gasteiger partial charge is 0.226 e. The minimum Gasteiger partial charge on any atom is -0.385 e. The van der Waals surface area contributed by atoms with Crippen molar-refractivity contribution in [2.45, 2.75) is 58.5 Å². The molecule has 0 bridgehead atoms. The van der Waals surface area contributed by atoms with Gasteiger partial charge >= 0.3 is 0 Å². The van der Waals surface area contributed by atoms with Gasteiger partial charge in [0.25, 0.3) is 0 Å². The second-order valence-corrected chi connectivity index (χ2v) is 7.32. The molecule has 0 spiro atoms. The van der Waals surface area contributed by atoms with Crippen LogP contribution in [0.4, 0.5) is 0 Å². The molecule has 0 unspecified atom stereocenters. The van der Waals surface area contributed by atoms with Gasteiger partial charge in [-0.2, -0.15) is 0 Å². The molecule has 0 fully saturated rings. The molecule has 2 N–H and O–H groups in total. The molecular formula is C19H31NO2. The lowest BCUT2D eigenvalue weighted by Gasteiger charge is -2.44. The van der Waals surface area contributed by atoms with Crippen LogP contribution < -0.4 is 5.32 Å². The van der Waals surface area contributed by atoms with Crippen LogP contribution in [0.25, 0.3) is 0 Å². The minimum atomic E-state index is -0.983. The van der Waals surface area contributed by atoms with Crippen molar-refractivity contribution in [3.05, 3.63) is 24.3 Å². The van der Waals surface area contributed by atoms with E-state index in [1.807, 2.05) is 6.08 Å². The standard InChI is InChI=1S/C19H31NO2/c1-4-11-19(22)12-9-15-7-5-6-8-16(15)17(19)18(21)20-13-10-14(2)3/h5-6,9,12,14-17,22H,4,7-8,10-11,13H2,1-3H3,(H,20,21)/t15-,16-,17-,19-/m0/s1. The van der Waals surface area contributed by atoms with Gasteiger partial charge < -0.3 is 10.4 Å². The summed E-state index contributed by atoms with van der Waals surface area (Å²) < 4.78 is 0. The van der Waals surface area contributed by atoms with E-state index in [-0.39, 0.29) is 17.7 Å². The number of rotatable bonds is 6. The van der Waals surface area contributed by atoms with E-state index in [4.69, 9.17) is 0 Å². The molecule has 4 atom stereocenters. The predicted octanol–water partition coefficient (Wildman–Crippen LogP) is 3.45. The van der Waals surface area contributed by atoms with Crippen molar-refractivity contribution >= 4 is 5.91 Å². The molecule has 0 heterocycles. The molecule has 2 aliphatic rings.